The van der Waals surface area contributed by atoms with E-state index >= 15 is 0 Å². The second-order valence-corrected chi connectivity index (χ2v) is 5.21. The van der Waals surface area contributed by atoms with Gasteiger partial charge in [-0.15, -0.1) is 0 Å². The second-order valence-electron chi connectivity index (χ2n) is 5.21. The first kappa shape index (κ1) is 14.6. The van der Waals surface area contributed by atoms with E-state index in [4.69, 9.17) is 0 Å². The molecule has 1 aromatic rings. The van der Waals surface area contributed by atoms with Crippen molar-refractivity contribution >= 4 is 17.6 Å². The smallest absolute Gasteiger partial charge is 0.273 e. The van der Waals surface area contributed by atoms with E-state index in [1.807, 2.05) is 6.08 Å². The van der Waals surface area contributed by atoms with Crippen LogP contribution in [0.4, 0.5) is 19.0 Å². The predicted octanol–water partition coefficient (Wildman–Crippen LogP) is 2.06. The summed E-state index contributed by atoms with van der Waals surface area (Å²) in [6.07, 6.45) is 0.890. The fraction of sp³-hybridized carbons (Fsp3) is 0.357. The molecule has 3 rings (SSSR count). The number of nitrogens with zero attached hydrogens (tertiary/aromatic N) is 2. The number of rotatable bonds is 1. The molecule has 2 heterocycles. The lowest BCUT2D eigenvalue weighted by Crippen LogP contribution is -2.59. The molecule has 2 unspecified atom stereocenters. The highest BCUT2D eigenvalue weighted by molar-refractivity contribution is 6.03. The van der Waals surface area contributed by atoms with E-state index < -0.39 is 29.5 Å². The number of amides is 2. The van der Waals surface area contributed by atoms with Crippen LogP contribution >= 0.6 is 0 Å². The van der Waals surface area contributed by atoms with E-state index in [2.05, 4.69) is 10.4 Å². The van der Waals surface area contributed by atoms with Crippen molar-refractivity contribution in [3.05, 3.63) is 36.0 Å². The summed E-state index contributed by atoms with van der Waals surface area (Å²) in [5.74, 6) is -2.09. The lowest BCUT2D eigenvalue weighted by Gasteiger charge is -2.37. The summed E-state index contributed by atoms with van der Waals surface area (Å²) in [6, 6.07) is 1.56. The summed E-state index contributed by atoms with van der Waals surface area (Å²) in [5.41, 5.74) is 1.42. The number of nitrogens with one attached hydrogen (secondary N) is 1. The van der Waals surface area contributed by atoms with Gasteiger partial charge in [-0.3, -0.25) is 15.0 Å². The summed E-state index contributed by atoms with van der Waals surface area (Å²) in [4.78, 5) is 28.2. The van der Waals surface area contributed by atoms with Crippen molar-refractivity contribution in [3.8, 4) is 0 Å². The maximum atomic E-state index is 12.7. The molecule has 22 heavy (non-hydrogen) atoms. The molecule has 1 aliphatic carbocycles. The van der Waals surface area contributed by atoms with Gasteiger partial charge in [-0.05, 0) is 25.0 Å². The highest BCUT2D eigenvalue weighted by Crippen LogP contribution is 2.34. The number of halogens is 3. The number of fused-ring (bicyclic) bond motifs is 1. The molecule has 5 nitrogen and oxygen atoms in total. The van der Waals surface area contributed by atoms with Gasteiger partial charge in [-0.1, -0.05) is 12.2 Å². The van der Waals surface area contributed by atoms with E-state index in [9.17, 15) is 22.8 Å². The first-order chi connectivity index (χ1) is 10.4. The largest absolute Gasteiger partial charge is 0.416 e. The van der Waals surface area contributed by atoms with Crippen molar-refractivity contribution in [2.45, 2.75) is 19.0 Å². The van der Waals surface area contributed by atoms with Gasteiger partial charge >= 0.3 is 6.18 Å². The van der Waals surface area contributed by atoms with Crippen LogP contribution in [-0.4, -0.2) is 16.8 Å². The molecule has 1 aliphatic heterocycles. The standard InChI is InChI=1S/C14H12F3N3O2/c15-14(16,17)8-5-6-18-11(7-8)20-13(22)10-4-2-1-3-9(10)12(21)19-20/h1-2,5-7,9-10H,3-4H2,(H,19,21). The molecule has 0 saturated carbocycles. The van der Waals surface area contributed by atoms with Crippen molar-refractivity contribution in [2.75, 3.05) is 5.01 Å². The Morgan fingerprint density at radius 1 is 1.18 bits per heavy atom. The zero-order valence-electron chi connectivity index (χ0n) is 11.3. The molecule has 8 heteroatoms. The van der Waals surface area contributed by atoms with Crippen molar-refractivity contribution in [3.63, 3.8) is 0 Å². The number of allylic oxidation sites excluding steroid dienone is 2. The molecule has 1 fully saturated rings. The first-order valence-corrected chi connectivity index (χ1v) is 6.70. The first-order valence-electron chi connectivity index (χ1n) is 6.70. The number of hydrogen-bond donors (Lipinski definition) is 1. The summed E-state index contributed by atoms with van der Waals surface area (Å²) in [5, 5.41) is 0.817. The van der Waals surface area contributed by atoms with Crippen LogP contribution in [0.2, 0.25) is 0 Å². The Labute approximate surface area is 123 Å². The van der Waals surface area contributed by atoms with Gasteiger partial charge in [-0.25, -0.2) is 9.99 Å². The van der Waals surface area contributed by atoms with E-state index in [0.717, 1.165) is 23.3 Å². The van der Waals surface area contributed by atoms with Gasteiger partial charge in [0.1, 0.15) is 0 Å². The number of carbonyl (C=O) groups is 2. The predicted molar refractivity (Wildman–Crippen MR) is 70.2 cm³/mol. The zero-order valence-corrected chi connectivity index (χ0v) is 11.3. The van der Waals surface area contributed by atoms with Crippen LogP contribution in [0.3, 0.4) is 0 Å². The lowest BCUT2D eigenvalue weighted by molar-refractivity contribution is -0.140. The molecule has 0 aromatic carbocycles. The van der Waals surface area contributed by atoms with Crippen molar-refractivity contribution < 1.29 is 22.8 Å². The Kier molecular flexibility index (Phi) is 3.38. The summed E-state index contributed by atoms with van der Waals surface area (Å²) in [7, 11) is 0. The third-order valence-electron chi connectivity index (χ3n) is 3.83. The minimum absolute atomic E-state index is 0.235. The molecule has 1 saturated heterocycles. The van der Waals surface area contributed by atoms with Gasteiger partial charge in [0.05, 0.1) is 17.4 Å². The van der Waals surface area contributed by atoms with E-state index in [0.29, 0.717) is 12.8 Å². The van der Waals surface area contributed by atoms with Crippen LogP contribution in [0.1, 0.15) is 18.4 Å². The molecule has 0 radical (unpaired) electrons. The van der Waals surface area contributed by atoms with Crippen molar-refractivity contribution in [1.82, 2.24) is 10.4 Å². The van der Waals surface area contributed by atoms with Gasteiger partial charge in [0, 0.05) is 6.20 Å². The molecule has 1 N–H and O–H groups in total. The van der Waals surface area contributed by atoms with E-state index in [-0.39, 0.29) is 11.7 Å². The normalized spacial score (nSPS) is 25.0. The maximum absolute atomic E-state index is 12.7. The number of aromatic nitrogens is 1. The Balaban J connectivity index is 1.93. The van der Waals surface area contributed by atoms with Crippen LogP contribution in [0, 0.1) is 11.8 Å². The molecule has 2 aliphatic rings. The fourth-order valence-electron chi connectivity index (χ4n) is 2.68. The molecule has 0 bridgehead atoms. The van der Waals surface area contributed by atoms with Gasteiger partial charge in [0.15, 0.2) is 5.82 Å². The SMILES string of the molecule is O=C1NN(c2cc(C(F)(F)F)ccn2)C(=O)C2CC=CCC12. The summed E-state index contributed by atoms with van der Waals surface area (Å²) in [6.45, 7) is 0. The van der Waals surface area contributed by atoms with Crippen LogP contribution < -0.4 is 10.4 Å². The molecule has 1 aromatic heterocycles. The molecule has 116 valence electrons. The average Bonchev–Trinajstić information content (AvgIpc) is 2.50. The average molecular weight is 311 g/mol. The lowest BCUT2D eigenvalue weighted by atomic mass is 9.80. The number of hydrazine groups is 1. The van der Waals surface area contributed by atoms with Crippen molar-refractivity contribution in [2.24, 2.45) is 11.8 Å². The number of pyridine rings is 1. The molecule has 2 amide bonds. The fourth-order valence-corrected chi connectivity index (χ4v) is 2.68. The van der Waals surface area contributed by atoms with Crippen LogP contribution in [-0.2, 0) is 15.8 Å². The Hall–Kier alpha value is -2.38. The zero-order chi connectivity index (χ0) is 15.9. The number of anilines is 1. The number of alkyl halides is 3. The maximum Gasteiger partial charge on any atom is 0.416 e. The minimum atomic E-state index is -4.54. The Morgan fingerprint density at radius 2 is 1.86 bits per heavy atom. The van der Waals surface area contributed by atoms with Gasteiger partial charge in [0.25, 0.3) is 5.91 Å². The minimum Gasteiger partial charge on any atom is -0.273 e. The summed E-state index contributed by atoms with van der Waals surface area (Å²) < 4.78 is 38.2. The van der Waals surface area contributed by atoms with Crippen LogP contribution in [0.15, 0.2) is 30.5 Å². The molecule has 0 spiro atoms. The molecular formula is C14H12F3N3O2. The topological polar surface area (TPSA) is 62.3 Å². The highest BCUT2D eigenvalue weighted by Gasteiger charge is 2.43. The van der Waals surface area contributed by atoms with Crippen LogP contribution in [0.25, 0.3) is 0 Å². The van der Waals surface area contributed by atoms with E-state index in [1.165, 1.54) is 0 Å². The van der Waals surface area contributed by atoms with Crippen LogP contribution in [0.5, 0.6) is 0 Å². The summed E-state index contributed by atoms with van der Waals surface area (Å²) >= 11 is 0. The number of carbonyl (C=O) groups excluding carboxylic acids is 2. The third kappa shape index (κ3) is 2.44. The third-order valence-corrected chi connectivity index (χ3v) is 3.83. The Morgan fingerprint density at radius 3 is 2.55 bits per heavy atom. The molecular weight excluding hydrogens is 299 g/mol. The van der Waals surface area contributed by atoms with Gasteiger partial charge < -0.3 is 0 Å². The monoisotopic (exact) mass is 311 g/mol. The number of hydrogen-bond acceptors (Lipinski definition) is 3. The Bertz CT molecular complexity index is 657. The van der Waals surface area contributed by atoms with Crippen molar-refractivity contribution in [1.29, 1.82) is 0 Å². The molecule has 2 atom stereocenters. The van der Waals surface area contributed by atoms with Gasteiger partial charge in [0.2, 0.25) is 5.91 Å². The second kappa shape index (κ2) is 5.11. The van der Waals surface area contributed by atoms with Gasteiger partial charge in [-0.2, -0.15) is 13.2 Å². The quantitative estimate of drug-likeness (QED) is 0.808. The highest BCUT2D eigenvalue weighted by atomic mass is 19.4. The van der Waals surface area contributed by atoms with E-state index in [1.54, 1.807) is 6.08 Å².